The Hall–Kier alpha value is -0.340. The molecule has 0 aromatic heterocycles. The number of nitrogens with one attached hydrogen (secondary N) is 1. The van der Waals surface area contributed by atoms with Gasteiger partial charge in [-0.25, -0.2) is 0 Å². The molecule has 1 aliphatic rings. The van der Waals surface area contributed by atoms with Crippen LogP contribution in [0, 0.1) is 6.92 Å². The molecule has 0 bridgehead atoms. The van der Waals surface area contributed by atoms with Crippen molar-refractivity contribution in [3.63, 3.8) is 0 Å². The predicted molar refractivity (Wildman–Crippen MR) is 63.6 cm³/mol. The first-order chi connectivity index (χ1) is 6.75. The Bertz CT molecular complexity index is 318. The van der Waals surface area contributed by atoms with Crippen LogP contribution in [0.3, 0.4) is 0 Å². The molecule has 0 radical (unpaired) electrons. The SMILES string of the molecule is Cc1ccc(CCNC2CC2)cc1Br. The van der Waals surface area contributed by atoms with E-state index in [9.17, 15) is 0 Å². The lowest BCUT2D eigenvalue weighted by Gasteiger charge is -2.05. The molecule has 76 valence electrons. The maximum Gasteiger partial charge on any atom is 0.0207 e. The topological polar surface area (TPSA) is 12.0 Å². The summed E-state index contributed by atoms with van der Waals surface area (Å²) in [5, 5.41) is 3.52. The van der Waals surface area contributed by atoms with Crippen LogP contribution in [0.15, 0.2) is 22.7 Å². The van der Waals surface area contributed by atoms with Crippen molar-refractivity contribution in [3.05, 3.63) is 33.8 Å². The van der Waals surface area contributed by atoms with Gasteiger partial charge >= 0.3 is 0 Å². The van der Waals surface area contributed by atoms with Gasteiger partial charge < -0.3 is 5.32 Å². The van der Waals surface area contributed by atoms with Gasteiger partial charge in [0.15, 0.2) is 0 Å². The lowest BCUT2D eigenvalue weighted by molar-refractivity contribution is 0.682. The third-order valence-electron chi connectivity index (χ3n) is 2.66. The summed E-state index contributed by atoms with van der Waals surface area (Å²) in [6, 6.07) is 7.44. The fraction of sp³-hybridized carbons (Fsp3) is 0.500. The highest BCUT2D eigenvalue weighted by Gasteiger charge is 2.19. The molecule has 1 saturated carbocycles. The predicted octanol–water partition coefficient (Wildman–Crippen LogP) is 3.05. The normalized spacial score (nSPS) is 15.9. The first-order valence-corrected chi connectivity index (χ1v) is 6.03. The summed E-state index contributed by atoms with van der Waals surface area (Å²) in [6.45, 7) is 3.23. The van der Waals surface area contributed by atoms with Crippen molar-refractivity contribution in [1.29, 1.82) is 0 Å². The van der Waals surface area contributed by atoms with Gasteiger partial charge in [-0.15, -0.1) is 0 Å². The minimum absolute atomic E-state index is 0.823. The van der Waals surface area contributed by atoms with Gasteiger partial charge in [-0.3, -0.25) is 0 Å². The standard InChI is InChI=1S/C12H16BrN/c1-9-2-3-10(8-12(9)13)6-7-14-11-4-5-11/h2-3,8,11,14H,4-7H2,1H3. The summed E-state index contributed by atoms with van der Waals surface area (Å²) in [5.74, 6) is 0. The molecule has 1 nitrogen and oxygen atoms in total. The van der Waals surface area contributed by atoms with Crippen molar-refractivity contribution in [3.8, 4) is 0 Å². The molecule has 1 fully saturated rings. The lowest BCUT2D eigenvalue weighted by Crippen LogP contribution is -2.19. The fourth-order valence-electron chi connectivity index (χ4n) is 1.50. The van der Waals surface area contributed by atoms with Crippen molar-refractivity contribution in [2.45, 2.75) is 32.2 Å². The van der Waals surface area contributed by atoms with Crippen molar-refractivity contribution in [2.75, 3.05) is 6.54 Å². The van der Waals surface area contributed by atoms with Gasteiger partial charge in [-0.2, -0.15) is 0 Å². The molecule has 0 aliphatic heterocycles. The number of halogens is 1. The van der Waals surface area contributed by atoms with Crippen LogP contribution in [0.2, 0.25) is 0 Å². The molecule has 1 aromatic rings. The molecular weight excluding hydrogens is 238 g/mol. The van der Waals surface area contributed by atoms with Crippen LogP contribution in [0.5, 0.6) is 0 Å². The van der Waals surface area contributed by atoms with E-state index in [0.717, 1.165) is 19.0 Å². The average molecular weight is 254 g/mol. The molecule has 0 amide bonds. The smallest absolute Gasteiger partial charge is 0.0207 e. The van der Waals surface area contributed by atoms with Crippen LogP contribution < -0.4 is 5.32 Å². The van der Waals surface area contributed by atoms with Crippen molar-refractivity contribution in [2.24, 2.45) is 0 Å². The number of benzene rings is 1. The Labute approximate surface area is 94.0 Å². The van der Waals surface area contributed by atoms with Crippen molar-refractivity contribution < 1.29 is 0 Å². The van der Waals surface area contributed by atoms with Gasteiger partial charge in [-0.05, 0) is 49.9 Å². The van der Waals surface area contributed by atoms with E-state index < -0.39 is 0 Å². The number of hydrogen-bond donors (Lipinski definition) is 1. The number of aryl methyl sites for hydroxylation is 1. The minimum Gasteiger partial charge on any atom is -0.314 e. The highest BCUT2D eigenvalue weighted by atomic mass is 79.9. The molecular formula is C12H16BrN. The molecule has 1 aliphatic carbocycles. The second kappa shape index (κ2) is 4.45. The second-order valence-corrected chi connectivity index (χ2v) is 4.92. The van der Waals surface area contributed by atoms with Crippen LogP contribution in [0.25, 0.3) is 0 Å². The highest BCUT2D eigenvalue weighted by Crippen LogP contribution is 2.19. The monoisotopic (exact) mass is 253 g/mol. The van der Waals surface area contributed by atoms with Gasteiger partial charge in [-0.1, -0.05) is 28.1 Å². The Balaban J connectivity index is 1.85. The van der Waals surface area contributed by atoms with Gasteiger partial charge in [0.2, 0.25) is 0 Å². The molecule has 0 atom stereocenters. The first-order valence-electron chi connectivity index (χ1n) is 5.24. The van der Waals surface area contributed by atoms with Crippen molar-refractivity contribution >= 4 is 15.9 Å². The zero-order valence-corrected chi connectivity index (χ0v) is 10.1. The lowest BCUT2D eigenvalue weighted by atomic mass is 10.1. The van der Waals surface area contributed by atoms with Crippen LogP contribution in [-0.4, -0.2) is 12.6 Å². The highest BCUT2D eigenvalue weighted by molar-refractivity contribution is 9.10. The Morgan fingerprint density at radius 1 is 1.43 bits per heavy atom. The summed E-state index contributed by atoms with van der Waals surface area (Å²) in [6.07, 6.45) is 3.88. The Kier molecular flexibility index (Phi) is 3.24. The Morgan fingerprint density at radius 3 is 2.86 bits per heavy atom. The third kappa shape index (κ3) is 2.82. The summed E-state index contributed by atoms with van der Waals surface area (Å²) >= 11 is 3.56. The van der Waals surface area contributed by atoms with Crippen LogP contribution in [0.4, 0.5) is 0 Å². The molecule has 2 heteroatoms. The largest absolute Gasteiger partial charge is 0.314 e. The molecule has 1 N–H and O–H groups in total. The van der Waals surface area contributed by atoms with Gasteiger partial charge in [0.25, 0.3) is 0 Å². The van der Waals surface area contributed by atoms with E-state index in [2.05, 4.69) is 46.4 Å². The van der Waals surface area contributed by atoms with Crippen LogP contribution in [0.1, 0.15) is 24.0 Å². The molecule has 14 heavy (non-hydrogen) atoms. The van der Waals surface area contributed by atoms with Crippen molar-refractivity contribution in [1.82, 2.24) is 5.32 Å². The van der Waals surface area contributed by atoms with Crippen LogP contribution >= 0.6 is 15.9 Å². The average Bonchev–Trinajstić information content (AvgIpc) is 2.95. The first kappa shape index (κ1) is 10.2. The van der Waals surface area contributed by atoms with Gasteiger partial charge in [0.1, 0.15) is 0 Å². The fourth-order valence-corrected chi connectivity index (χ4v) is 1.93. The summed E-state index contributed by atoms with van der Waals surface area (Å²) in [4.78, 5) is 0. The summed E-state index contributed by atoms with van der Waals surface area (Å²) in [7, 11) is 0. The zero-order valence-electron chi connectivity index (χ0n) is 8.52. The van der Waals surface area contributed by atoms with E-state index in [-0.39, 0.29) is 0 Å². The van der Waals surface area contributed by atoms with E-state index >= 15 is 0 Å². The summed E-state index contributed by atoms with van der Waals surface area (Å²) in [5.41, 5.74) is 2.72. The van der Waals surface area contributed by atoms with E-state index in [1.54, 1.807) is 0 Å². The quantitative estimate of drug-likeness (QED) is 0.870. The molecule has 0 saturated heterocycles. The molecule has 0 spiro atoms. The zero-order chi connectivity index (χ0) is 9.97. The molecule has 0 unspecified atom stereocenters. The maximum atomic E-state index is 3.56. The van der Waals surface area contributed by atoms with E-state index in [1.807, 2.05) is 0 Å². The van der Waals surface area contributed by atoms with E-state index in [0.29, 0.717) is 0 Å². The second-order valence-electron chi connectivity index (χ2n) is 4.06. The summed E-state index contributed by atoms with van der Waals surface area (Å²) < 4.78 is 1.22. The molecule has 1 aromatic carbocycles. The number of hydrogen-bond acceptors (Lipinski definition) is 1. The van der Waals surface area contributed by atoms with Crippen LogP contribution in [-0.2, 0) is 6.42 Å². The van der Waals surface area contributed by atoms with E-state index in [1.165, 1.54) is 28.4 Å². The van der Waals surface area contributed by atoms with Gasteiger partial charge in [0.05, 0.1) is 0 Å². The van der Waals surface area contributed by atoms with Gasteiger partial charge in [0, 0.05) is 10.5 Å². The maximum absolute atomic E-state index is 3.56. The Morgan fingerprint density at radius 2 is 2.21 bits per heavy atom. The minimum atomic E-state index is 0.823. The molecule has 2 rings (SSSR count). The number of rotatable bonds is 4. The molecule has 0 heterocycles. The van der Waals surface area contributed by atoms with E-state index in [4.69, 9.17) is 0 Å². The third-order valence-corrected chi connectivity index (χ3v) is 3.51.